The number of carboxylic acid groups (broad SMARTS) is 1. The zero-order valence-electron chi connectivity index (χ0n) is 9.85. The van der Waals surface area contributed by atoms with Gasteiger partial charge in [0, 0.05) is 5.92 Å². The van der Waals surface area contributed by atoms with Crippen molar-refractivity contribution in [2.24, 2.45) is 5.92 Å². The van der Waals surface area contributed by atoms with E-state index in [9.17, 15) is 9.59 Å². The van der Waals surface area contributed by atoms with E-state index in [4.69, 9.17) is 5.11 Å². The minimum absolute atomic E-state index is 0.0122. The van der Waals surface area contributed by atoms with Gasteiger partial charge < -0.3 is 10.4 Å². The molecular formula is C12H19NO3S. The first-order valence-electron chi connectivity index (χ1n) is 5.87. The average molecular weight is 257 g/mol. The van der Waals surface area contributed by atoms with E-state index in [1.54, 1.807) is 6.08 Å². The summed E-state index contributed by atoms with van der Waals surface area (Å²) >= 11 is 1.85. The number of aliphatic carboxylic acids is 1. The highest BCUT2D eigenvalue weighted by molar-refractivity contribution is 7.99. The van der Waals surface area contributed by atoms with Crippen LogP contribution in [0.15, 0.2) is 12.7 Å². The molecule has 1 unspecified atom stereocenters. The fourth-order valence-electron chi connectivity index (χ4n) is 1.79. The zero-order valence-corrected chi connectivity index (χ0v) is 10.7. The number of hydrogen-bond acceptors (Lipinski definition) is 3. The Labute approximate surface area is 106 Å². The molecule has 1 aliphatic rings. The topological polar surface area (TPSA) is 66.4 Å². The van der Waals surface area contributed by atoms with Gasteiger partial charge in [-0.15, -0.1) is 6.58 Å². The van der Waals surface area contributed by atoms with E-state index in [0.29, 0.717) is 12.8 Å². The molecule has 0 spiro atoms. The molecular weight excluding hydrogens is 238 g/mol. The molecule has 1 saturated heterocycles. The molecule has 1 rings (SSSR count). The fourth-order valence-corrected chi connectivity index (χ4v) is 2.90. The van der Waals surface area contributed by atoms with Crippen LogP contribution in [0.3, 0.4) is 0 Å². The molecule has 0 bridgehead atoms. The van der Waals surface area contributed by atoms with E-state index in [2.05, 4.69) is 11.9 Å². The summed E-state index contributed by atoms with van der Waals surface area (Å²) in [5.74, 6) is 0.888. The third kappa shape index (κ3) is 4.81. The van der Waals surface area contributed by atoms with Gasteiger partial charge in [-0.05, 0) is 37.2 Å². The van der Waals surface area contributed by atoms with E-state index in [0.717, 1.165) is 24.3 Å². The molecule has 1 fully saturated rings. The van der Waals surface area contributed by atoms with Gasteiger partial charge in [0.2, 0.25) is 5.91 Å². The van der Waals surface area contributed by atoms with E-state index in [-0.39, 0.29) is 11.8 Å². The molecule has 0 aliphatic carbocycles. The SMILES string of the molecule is C=CCCC(NC(=O)C1CCSCC1)C(=O)O. The Morgan fingerprint density at radius 3 is 2.65 bits per heavy atom. The van der Waals surface area contributed by atoms with Crippen molar-refractivity contribution in [3.8, 4) is 0 Å². The number of amides is 1. The third-order valence-electron chi connectivity index (χ3n) is 2.87. The average Bonchev–Trinajstić information content (AvgIpc) is 2.35. The zero-order chi connectivity index (χ0) is 12.7. The van der Waals surface area contributed by atoms with Crippen LogP contribution < -0.4 is 5.32 Å². The molecule has 1 atom stereocenters. The maximum atomic E-state index is 11.9. The summed E-state index contributed by atoms with van der Waals surface area (Å²) in [7, 11) is 0. The molecule has 4 nitrogen and oxygen atoms in total. The van der Waals surface area contributed by atoms with Crippen LogP contribution in [0.1, 0.15) is 25.7 Å². The number of carboxylic acids is 1. The summed E-state index contributed by atoms with van der Waals surface area (Å²) in [4.78, 5) is 22.8. The standard InChI is InChI=1S/C12H19NO3S/c1-2-3-4-10(12(15)16)13-11(14)9-5-7-17-8-6-9/h2,9-10H,1,3-8H2,(H,13,14)(H,15,16). The van der Waals surface area contributed by atoms with Crippen LogP contribution >= 0.6 is 11.8 Å². The van der Waals surface area contributed by atoms with Crippen molar-refractivity contribution in [1.82, 2.24) is 5.32 Å². The predicted molar refractivity (Wildman–Crippen MR) is 69.0 cm³/mol. The minimum atomic E-state index is -0.967. The van der Waals surface area contributed by atoms with Gasteiger partial charge in [-0.1, -0.05) is 6.08 Å². The lowest BCUT2D eigenvalue weighted by molar-refractivity contribution is -0.142. The van der Waals surface area contributed by atoms with Gasteiger partial charge in [0.05, 0.1) is 0 Å². The van der Waals surface area contributed by atoms with Crippen molar-refractivity contribution < 1.29 is 14.7 Å². The first-order chi connectivity index (χ1) is 8.15. The summed E-state index contributed by atoms with van der Waals surface area (Å²) in [5, 5.41) is 11.6. The summed E-state index contributed by atoms with van der Waals surface area (Å²) in [5.41, 5.74) is 0. The van der Waals surface area contributed by atoms with Gasteiger partial charge >= 0.3 is 5.97 Å². The quantitative estimate of drug-likeness (QED) is 0.710. The van der Waals surface area contributed by atoms with Crippen LogP contribution in [0, 0.1) is 5.92 Å². The maximum Gasteiger partial charge on any atom is 0.326 e. The second-order valence-corrected chi connectivity index (χ2v) is 5.38. The van der Waals surface area contributed by atoms with Crippen molar-refractivity contribution in [3.63, 3.8) is 0 Å². The lowest BCUT2D eigenvalue weighted by Gasteiger charge is -2.22. The molecule has 17 heavy (non-hydrogen) atoms. The Morgan fingerprint density at radius 2 is 2.12 bits per heavy atom. The van der Waals surface area contributed by atoms with Crippen molar-refractivity contribution >= 4 is 23.6 Å². The monoisotopic (exact) mass is 257 g/mol. The maximum absolute atomic E-state index is 11.9. The van der Waals surface area contributed by atoms with Crippen LogP contribution in [0.4, 0.5) is 0 Å². The Balaban J connectivity index is 2.44. The molecule has 0 radical (unpaired) electrons. The molecule has 0 aromatic rings. The molecule has 96 valence electrons. The Morgan fingerprint density at radius 1 is 1.47 bits per heavy atom. The molecule has 1 aliphatic heterocycles. The number of rotatable bonds is 6. The van der Waals surface area contributed by atoms with Gasteiger partial charge in [-0.3, -0.25) is 4.79 Å². The Bertz CT molecular complexity index is 287. The number of nitrogens with one attached hydrogen (secondary N) is 1. The van der Waals surface area contributed by atoms with Crippen molar-refractivity contribution in [1.29, 1.82) is 0 Å². The van der Waals surface area contributed by atoms with Crippen molar-refractivity contribution in [2.75, 3.05) is 11.5 Å². The van der Waals surface area contributed by atoms with E-state index < -0.39 is 12.0 Å². The molecule has 5 heteroatoms. The lowest BCUT2D eigenvalue weighted by atomic mass is 10.0. The van der Waals surface area contributed by atoms with E-state index >= 15 is 0 Å². The highest BCUT2D eigenvalue weighted by Crippen LogP contribution is 2.22. The predicted octanol–water partition coefficient (Wildman–Crippen LogP) is 1.67. The summed E-state index contributed by atoms with van der Waals surface area (Å²) < 4.78 is 0. The minimum Gasteiger partial charge on any atom is -0.480 e. The largest absolute Gasteiger partial charge is 0.480 e. The van der Waals surface area contributed by atoms with Crippen LogP contribution in [0.25, 0.3) is 0 Å². The van der Waals surface area contributed by atoms with E-state index in [1.165, 1.54) is 0 Å². The van der Waals surface area contributed by atoms with Gasteiger partial charge in [0.15, 0.2) is 0 Å². The second-order valence-electron chi connectivity index (χ2n) is 4.15. The molecule has 1 heterocycles. The van der Waals surface area contributed by atoms with Crippen LogP contribution in [-0.4, -0.2) is 34.5 Å². The van der Waals surface area contributed by atoms with Gasteiger partial charge in [0.25, 0.3) is 0 Å². The number of thioether (sulfide) groups is 1. The Hall–Kier alpha value is -0.970. The number of allylic oxidation sites excluding steroid dienone is 1. The summed E-state index contributed by atoms with van der Waals surface area (Å²) in [6.45, 7) is 3.55. The van der Waals surface area contributed by atoms with Gasteiger partial charge in [-0.2, -0.15) is 11.8 Å². The van der Waals surface area contributed by atoms with Crippen molar-refractivity contribution in [3.05, 3.63) is 12.7 Å². The highest BCUT2D eigenvalue weighted by Gasteiger charge is 2.25. The first-order valence-corrected chi connectivity index (χ1v) is 7.02. The number of hydrogen-bond donors (Lipinski definition) is 2. The third-order valence-corrected chi connectivity index (χ3v) is 3.91. The fraction of sp³-hybridized carbons (Fsp3) is 0.667. The van der Waals surface area contributed by atoms with Gasteiger partial charge in [-0.25, -0.2) is 4.79 Å². The normalized spacial score (nSPS) is 18.4. The van der Waals surface area contributed by atoms with Gasteiger partial charge in [0.1, 0.15) is 6.04 Å². The van der Waals surface area contributed by atoms with Crippen LogP contribution in [-0.2, 0) is 9.59 Å². The molecule has 2 N–H and O–H groups in total. The van der Waals surface area contributed by atoms with Crippen molar-refractivity contribution in [2.45, 2.75) is 31.7 Å². The smallest absolute Gasteiger partial charge is 0.326 e. The molecule has 1 amide bonds. The lowest BCUT2D eigenvalue weighted by Crippen LogP contribution is -2.44. The van der Waals surface area contributed by atoms with Crippen LogP contribution in [0.2, 0.25) is 0 Å². The molecule has 0 saturated carbocycles. The first kappa shape index (κ1) is 14.1. The Kier molecular flexibility index (Phi) is 6.11. The number of carbonyl (C=O) groups excluding carboxylic acids is 1. The molecule has 0 aromatic heterocycles. The summed E-state index contributed by atoms with van der Waals surface area (Å²) in [6.07, 6.45) is 4.37. The highest BCUT2D eigenvalue weighted by atomic mass is 32.2. The van der Waals surface area contributed by atoms with Crippen LogP contribution in [0.5, 0.6) is 0 Å². The van der Waals surface area contributed by atoms with E-state index in [1.807, 2.05) is 11.8 Å². The summed E-state index contributed by atoms with van der Waals surface area (Å²) in [6, 6.07) is -0.782. The number of carbonyl (C=O) groups is 2. The molecule has 0 aromatic carbocycles. The second kappa shape index (κ2) is 7.37.